The normalized spacial score (nSPS) is 18.6. The van der Waals surface area contributed by atoms with Gasteiger partial charge < -0.3 is 14.2 Å². The van der Waals surface area contributed by atoms with Crippen LogP contribution in [0.5, 0.6) is 5.75 Å². The molecule has 0 aliphatic carbocycles. The van der Waals surface area contributed by atoms with Gasteiger partial charge in [0.25, 0.3) is 0 Å². The fraction of sp³-hybridized carbons (Fsp3) is 0.357. The van der Waals surface area contributed by atoms with Crippen molar-refractivity contribution in [3.05, 3.63) is 75.9 Å². The topological polar surface area (TPSA) is 61.8 Å². The van der Waals surface area contributed by atoms with Gasteiger partial charge in [-0.15, -0.1) is 0 Å². The molecule has 2 aromatic carbocycles. The van der Waals surface area contributed by atoms with E-state index in [-0.39, 0.29) is 31.1 Å². The molecule has 0 aromatic heterocycles. The van der Waals surface area contributed by atoms with Crippen molar-refractivity contribution in [1.29, 1.82) is 0 Å². The number of esters is 2. The van der Waals surface area contributed by atoms with E-state index < -0.39 is 6.10 Å². The molecule has 5 nitrogen and oxygen atoms in total. The van der Waals surface area contributed by atoms with Gasteiger partial charge in [0.15, 0.2) is 0 Å². The van der Waals surface area contributed by atoms with Crippen molar-refractivity contribution in [2.45, 2.75) is 58.7 Å². The largest absolute Gasteiger partial charge is 0.490 e. The molecule has 5 heteroatoms. The summed E-state index contributed by atoms with van der Waals surface area (Å²) in [5, 5.41) is 0. The maximum Gasteiger partial charge on any atom is 0.334 e. The summed E-state index contributed by atoms with van der Waals surface area (Å²) in [7, 11) is 0. The Hall–Kier alpha value is -3.52. The fourth-order valence-corrected chi connectivity index (χ4v) is 3.95. The van der Waals surface area contributed by atoms with Gasteiger partial charge in [-0.3, -0.25) is 4.79 Å². The van der Waals surface area contributed by atoms with Gasteiger partial charge in [0.05, 0.1) is 0 Å². The van der Waals surface area contributed by atoms with Crippen LogP contribution in [-0.4, -0.2) is 30.8 Å². The molecule has 1 fully saturated rings. The van der Waals surface area contributed by atoms with E-state index in [2.05, 4.69) is 37.0 Å². The average molecular weight is 445 g/mol. The Bertz CT molecular complexity index is 1140. The highest BCUT2D eigenvalue weighted by Gasteiger charge is 2.31. The van der Waals surface area contributed by atoms with Crippen LogP contribution in [-0.2, 0) is 25.5 Å². The number of fused-ring (bicyclic) bond motifs is 1. The van der Waals surface area contributed by atoms with Crippen molar-refractivity contribution < 1.29 is 23.8 Å². The Labute approximate surface area is 194 Å². The van der Waals surface area contributed by atoms with Crippen LogP contribution in [0, 0.1) is 18.8 Å². The highest BCUT2D eigenvalue weighted by molar-refractivity contribution is 5.91. The Balaban J connectivity index is 1.24. The first-order valence-corrected chi connectivity index (χ1v) is 11.3. The highest BCUT2D eigenvalue weighted by atomic mass is 16.6. The minimum absolute atomic E-state index is 0.0607. The van der Waals surface area contributed by atoms with Crippen LogP contribution in [0.4, 0.5) is 0 Å². The predicted octanol–water partition coefficient (Wildman–Crippen LogP) is 4.67. The first-order valence-electron chi connectivity index (χ1n) is 11.3. The third-order valence-corrected chi connectivity index (χ3v) is 5.86. The lowest BCUT2D eigenvalue weighted by Gasteiger charge is -2.12. The number of aryl methyl sites for hydroxylation is 1. The lowest BCUT2D eigenvalue weighted by atomic mass is 10.0. The molecular formula is C28H28O5. The Morgan fingerprint density at radius 3 is 2.45 bits per heavy atom. The highest BCUT2D eigenvalue weighted by Crippen LogP contribution is 2.31. The lowest BCUT2D eigenvalue weighted by molar-refractivity contribution is -0.152. The van der Waals surface area contributed by atoms with Crippen LogP contribution in [0.25, 0.3) is 0 Å². The van der Waals surface area contributed by atoms with Gasteiger partial charge in [-0.25, -0.2) is 4.79 Å². The molecular weight excluding hydrogens is 416 g/mol. The molecule has 170 valence electrons. The third kappa shape index (κ3) is 5.84. The third-order valence-electron chi connectivity index (χ3n) is 5.86. The lowest BCUT2D eigenvalue weighted by Crippen LogP contribution is -2.20. The number of cyclic esters (lactones) is 1. The number of hydrogen-bond donors (Lipinski definition) is 0. The summed E-state index contributed by atoms with van der Waals surface area (Å²) >= 11 is 0. The smallest absolute Gasteiger partial charge is 0.334 e. The van der Waals surface area contributed by atoms with Crippen molar-refractivity contribution in [3.8, 4) is 17.6 Å². The van der Waals surface area contributed by atoms with Crippen molar-refractivity contribution in [1.82, 2.24) is 0 Å². The van der Waals surface area contributed by atoms with Gasteiger partial charge >= 0.3 is 11.9 Å². The van der Waals surface area contributed by atoms with Crippen LogP contribution < -0.4 is 4.74 Å². The first-order chi connectivity index (χ1) is 15.9. The molecule has 0 saturated carbocycles. The summed E-state index contributed by atoms with van der Waals surface area (Å²) in [5.41, 5.74) is 5.87. The van der Waals surface area contributed by atoms with Crippen molar-refractivity contribution in [2.24, 2.45) is 0 Å². The summed E-state index contributed by atoms with van der Waals surface area (Å²) in [6.07, 6.45) is 1.61. The number of hydrogen-bond acceptors (Lipinski definition) is 5. The van der Waals surface area contributed by atoms with Crippen molar-refractivity contribution in [2.75, 3.05) is 6.61 Å². The second kappa shape index (κ2) is 9.95. The van der Waals surface area contributed by atoms with E-state index in [4.69, 9.17) is 14.2 Å². The molecule has 2 aromatic rings. The molecule has 0 bridgehead atoms. The second-order valence-corrected chi connectivity index (χ2v) is 8.81. The molecule has 2 atom stereocenters. The quantitative estimate of drug-likeness (QED) is 0.381. The van der Waals surface area contributed by atoms with Crippen LogP contribution in [0.2, 0.25) is 0 Å². The molecule has 0 radical (unpaired) electrons. The molecule has 2 aliphatic heterocycles. The second-order valence-electron chi connectivity index (χ2n) is 8.81. The van der Waals surface area contributed by atoms with Gasteiger partial charge in [-0.1, -0.05) is 35.1 Å². The molecule has 0 spiro atoms. The van der Waals surface area contributed by atoms with E-state index >= 15 is 0 Å². The zero-order chi connectivity index (χ0) is 23.4. The van der Waals surface area contributed by atoms with Gasteiger partial charge in [0.2, 0.25) is 0 Å². The molecule has 1 saturated heterocycles. The molecule has 33 heavy (non-hydrogen) atoms. The van der Waals surface area contributed by atoms with E-state index in [1.54, 1.807) is 0 Å². The molecule has 0 amide bonds. The number of rotatable bonds is 5. The molecule has 2 heterocycles. The van der Waals surface area contributed by atoms with Gasteiger partial charge in [0, 0.05) is 36.0 Å². The van der Waals surface area contributed by atoms with E-state index in [1.807, 2.05) is 38.1 Å². The van der Waals surface area contributed by atoms with E-state index in [9.17, 15) is 9.59 Å². The standard InChI is InChI=1S/C28H28O5/c1-18(2)25-16-24(33-28(25)30)17-31-27(29)13-11-23-15-22-14-21(10-12-26(22)32-23)9-8-20-6-4-19(3)5-7-20/h4-7,10,12,14,23-24H,11,13,15-17H2,1-3H3. The van der Waals surface area contributed by atoms with Gasteiger partial charge in [-0.05, 0) is 63.1 Å². The van der Waals surface area contributed by atoms with Crippen LogP contribution in [0.3, 0.4) is 0 Å². The monoisotopic (exact) mass is 444 g/mol. The molecule has 0 N–H and O–H groups in total. The minimum atomic E-state index is -0.391. The number of allylic oxidation sites excluding steroid dienone is 1. The number of ether oxygens (including phenoxy) is 3. The number of carbonyl (C=O) groups excluding carboxylic acids is 2. The zero-order valence-electron chi connectivity index (χ0n) is 19.3. The van der Waals surface area contributed by atoms with Crippen LogP contribution >= 0.6 is 0 Å². The van der Waals surface area contributed by atoms with E-state index in [0.717, 1.165) is 34.4 Å². The fourth-order valence-electron chi connectivity index (χ4n) is 3.95. The first kappa shape index (κ1) is 22.7. The summed E-state index contributed by atoms with van der Waals surface area (Å²) < 4.78 is 16.6. The zero-order valence-corrected chi connectivity index (χ0v) is 19.3. The van der Waals surface area contributed by atoms with Crippen LogP contribution in [0.1, 0.15) is 55.4 Å². The summed E-state index contributed by atoms with van der Waals surface area (Å²) in [6.45, 7) is 5.91. The van der Waals surface area contributed by atoms with Gasteiger partial charge in [-0.2, -0.15) is 0 Å². The maximum absolute atomic E-state index is 12.2. The average Bonchev–Trinajstić information content (AvgIpc) is 3.38. The molecule has 2 unspecified atom stereocenters. The van der Waals surface area contributed by atoms with Crippen LogP contribution in [0.15, 0.2) is 53.6 Å². The summed E-state index contributed by atoms with van der Waals surface area (Å²) in [4.78, 5) is 24.0. The summed E-state index contributed by atoms with van der Waals surface area (Å²) in [6, 6.07) is 14.1. The number of carbonyl (C=O) groups is 2. The SMILES string of the molecule is CC(C)=C1CC(COC(=O)CCC2Cc3cc(C#Cc4ccc(C)cc4)ccc3O2)OC1=O. The maximum atomic E-state index is 12.2. The minimum Gasteiger partial charge on any atom is -0.490 e. The number of benzene rings is 2. The predicted molar refractivity (Wildman–Crippen MR) is 125 cm³/mol. The summed E-state index contributed by atoms with van der Waals surface area (Å²) in [5.74, 6) is 6.64. The Kier molecular flexibility index (Phi) is 6.84. The van der Waals surface area contributed by atoms with Gasteiger partial charge in [0.1, 0.15) is 24.6 Å². The van der Waals surface area contributed by atoms with Crippen molar-refractivity contribution in [3.63, 3.8) is 0 Å². The molecule has 2 aliphatic rings. The Morgan fingerprint density at radius 2 is 1.73 bits per heavy atom. The molecule has 4 rings (SSSR count). The Morgan fingerprint density at radius 1 is 1.00 bits per heavy atom. The van der Waals surface area contributed by atoms with E-state index in [0.29, 0.717) is 18.4 Å². The van der Waals surface area contributed by atoms with E-state index in [1.165, 1.54) is 5.56 Å². The van der Waals surface area contributed by atoms with Crippen molar-refractivity contribution >= 4 is 11.9 Å².